The van der Waals surface area contributed by atoms with E-state index in [1.165, 1.54) is 6.07 Å². The van der Waals surface area contributed by atoms with Crippen LogP contribution in [0.4, 0.5) is 4.39 Å². The van der Waals surface area contributed by atoms with E-state index in [2.05, 4.69) is 22.1 Å². The summed E-state index contributed by atoms with van der Waals surface area (Å²) in [4.78, 5) is 4.60. The molecule has 1 heterocycles. The molecule has 28 heavy (non-hydrogen) atoms. The zero-order valence-electron chi connectivity index (χ0n) is 16.2. The van der Waals surface area contributed by atoms with Crippen molar-refractivity contribution in [1.29, 1.82) is 0 Å². The van der Waals surface area contributed by atoms with Gasteiger partial charge >= 0.3 is 0 Å². The van der Waals surface area contributed by atoms with E-state index in [0.717, 1.165) is 36.1 Å². The lowest BCUT2D eigenvalue weighted by atomic mass is 10.1. The number of benzene rings is 2. The predicted molar refractivity (Wildman–Crippen MR) is 109 cm³/mol. The van der Waals surface area contributed by atoms with Gasteiger partial charge in [0.15, 0.2) is 0 Å². The average molecular weight is 377 g/mol. The Balaban J connectivity index is 1.87. The first-order chi connectivity index (χ1) is 13.7. The van der Waals surface area contributed by atoms with Crippen LogP contribution in [-0.2, 0) is 6.54 Å². The Bertz CT molecular complexity index is 961. The lowest BCUT2D eigenvalue weighted by Crippen LogP contribution is -1.90. The summed E-state index contributed by atoms with van der Waals surface area (Å²) in [5, 5.41) is 8.59. The molecular weight excluding hydrogens is 353 g/mol. The van der Waals surface area contributed by atoms with Crippen molar-refractivity contribution in [1.82, 2.24) is 4.98 Å². The van der Waals surface area contributed by atoms with Gasteiger partial charge in [0.25, 0.3) is 0 Å². The third-order valence-electron chi connectivity index (χ3n) is 4.46. The van der Waals surface area contributed by atoms with Crippen LogP contribution < -0.4 is 0 Å². The molecule has 1 aromatic heterocycles. The van der Waals surface area contributed by atoms with Gasteiger partial charge in [-0.3, -0.25) is 0 Å². The van der Waals surface area contributed by atoms with Gasteiger partial charge in [-0.05, 0) is 31.4 Å². The number of aromatic nitrogens is 1. The SMILES string of the molecule is CCCC/C(C)=C(/N=N\Cc1ccccc1F)c1nc(-c2ccccc2)co1. The third kappa shape index (κ3) is 5.00. The first kappa shape index (κ1) is 19.7. The Morgan fingerprint density at radius 1 is 1.07 bits per heavy atom. The number of hydrogen-bond acceptors (Lipinski definition) is 4. The normalized spacial score (nSPS) is 12.4. The van der Waals surface area contributed by atoms with Crippen LogP contribution in [0.5, 0.6) is 0 Å². The van der Waals surface area contributed by atoms with Crippen molar-refractivity contribution in [3.05, 3.63) is 83.7 Å². The zero-order valence-corrected chi connectivity index (χ0v) is 16.2. The molecule has 0 aliphatic carbocycles. The quantitative estimate of drug-likeness (QED) is 0.395. The molecule has 4 nitrogen and oxygen atoms in total. The van der Waals surface area contributed by atoms with Crippen LogP contribution in [0, 0.1) is 5.82 Å². The Morgan fingerprint density at radius 3 is 2.57 bits per heavy atom. The van der Waals surface area contributed by atoms with Crippen LogP contribution >= 0.6 is 0 Å². The smallest absolute Gasteiger partial charge is 0.247 e. The molecule has 0 spiro atoms. The van der Waals surface area contributed by atoms with Crippen LogP contribution in [0.2, 0.25) is 0 Å². The second-order valence-corrected chi connectivity index (χ2v) is 6.63. The highest BCUT2D eigenvalue weighted by molar-refractivity contribution is 5.64. The Labute approximate surface area is 164 Å². The molecule has 0 saturated carbocycles. The molecule has 5 heteroatoms. The van der Waals surface area contributed by atoms with E-state index in [0.29, 0.717) is 17.2 Å². The Kier molecular flexibility index (Phi) is 6.84. The fourth-order valence-corrected chi connectivity index (χ4v) is 2.80. The summed E-state index contributed by atoms with van der Waals surface area (Å²) in [6.07, 6.45) is 4.64. The Hall–Kier alpha value is -3.08. The van der Waals surface area contributed by atoms with Crippen LogP contribution in [-0.4, -0.2) is 4.98 Å². The van der Waals surface area contributed by atoms with E-state index < -0.39 is 0 Å². The van der Waals surface area contributed by atoms with E-state index in [-0.39, 0.29) is 12.4 Å². The van der Waals surface area contributed by atoms with Gasteiger partial charge in [0.1, 0.15) is 23.5 Å². The number of allylic oxidation sites excluding steroid dienone is 1. The largest absolute Gasteiger partial charge is 0.443 e. The number of halogens is 1. The number of hydrogen-bond donors (Lipinski definition) is 0. The van der Waals surface area contributed by atoms with Crippen LogP contribution in [0.25, 0.3) is 17.0 Å². The molecule has 0 fully saturated rings. The monoisotopic (exact) mass is 377 g/mol. The van der Waals surface area contributed by atoms with E-state index in [9.17, 15) is 4.39 Å². The molecule has 0 unspecified atom stereocenters. The number of nitrogens with zero attached hydrogens (tertiary/aromatic N) is 3. The van der Waals surface area contributed by atoms with Crippen molar-refractivity contribution in [3.63, 3.8) is 0 Å². The number of oxazole rings is 1. The third-order valence-corrected chi connectivity index (χ3v) is 4.46. The van der Waals surface area contributed by atoms with Gasteiger partial charge in [0, 0.05) is 11.1 Å². The van der Waals surface area contributed by atoms with Crippen LogP contribution in [0.15, 0.2) is 81.1 Å². The molecule has 0 aliphatic heterocycles. The van der Waals surface area contributed by atoms with Crippen LogP contribution in [0.3, 0.4) is 0 Å². The molecule has 0 amide bonds. The lowest BCUT2D eigenvalue weighted by Gasteiger charge is -2.04. The zero-order chi connectivity index (χ0) is 19.8. The van der Waals surface area contributed by atoms with Gasteiger partial charge in [-0.25, -0.2) is 9.37 Å². The van der Waals surface area contributed by atoms with Gasteiger partial charge < -0.3 is 4.42 Å². The summed E-state index contributed by atoms with van der Waals surface area (Å²) in [7, 11) is 0. The second-order valence-electron chi connectivity index (χ2n) is 6.63. The van der Waals surface area contributed by atoms with E-state index in [4.69, 9.17) is 4.42 Å². The minimum absolute atomic E-state index is 0.170. The van der Waals surface area contributed by atoms with Crippen molar-refractivity contribution < 1.29 is 8.81 Å². The molecule has 3 aromatic rings. The van der Waals surface area contributed by atoms with E-state index in [1.807, 2.05) is 37.3 Å². The number of rotatable bonds is 8. The summed E-state index contributed by atoms with van der Waals surface area (Å²) in [6, 6.07) is 16.4. The number of unbranched alkanes of at least 4 members (excludes halogenated alkanes) is 1. The second kappa shape index (κ2) is 9.74. The minimum atomic E-state index is -0.280. The molecule has 0 radical (unpaired) electrons. The average Bonchev–Trinajstić information content (AvgIpc) is 3.21. The van der Waals surface area contributed by atoms with Crippen molar-refractivity contribution >= 4 is 5.70 Å². The fourth-order valence-electron chi connectivity index (χ4n) is 2.80. The summed E-state index contributed by atoms with van der Waals surface area (Å²) >= 11 is 0. The van der Waals surface area contributed by atoms with Gasteiger partial charge in [0.05, 0.1) is 6.54 Å². The fraction of sp³-hybridized carbons (Fsp3) is 0.261. The van der Waals surface area contributed by atoms with Crippen molar-refractivity contribution in [2.45, 2.75) is 39.7 Å². The first-order valence-corrected chi connectivity index (χ1v) is 9.51. The summed E-state index contributed by atoms with van der Waals surface area (Å²) in [6.45, 7) is 4.33. The lowest BCUT2D eigenvalue weighted by molar-refractivity contribution is 0.538. The first-order valence-electron chi connectivity index (χ1n) is 9.51. The van der Waals surface area contributed by atoms with Gasteiger partial charge in [-0.1, -0.05) is 61.9 Å². The topological polar surface area (TPSA) is 50.8 Å². The van der Waals surface area contributed by atoms with Crippen molar-refractivity contribution in [3.8, 4) is 11.3 Å². The van der Waals surface area contributed by atoms with E-state index >= 15 is 0 Å². The molecule has 0 saturated heterocycles. The minimum Gasteiger partial charge on any atom is -0.443 e. The highest BCUT2D eigenvalue weighted by Gasteiger charge is 2.14. The van der Waals surface area contributed by atoms with Crippen molar-refractivity contribution in [2.24, 2.45) is 10.2 Å². The van der Waals surface area contributed by atoms with Gasteiger partial charge in [-0.2, -0.15) is 10.2 Å². The molecule has 3 rings (SSSR count). The maximum absolute atomic E-state index is 13.8. The molecule has 0 atom stereocenters. The molecule has 2 aromatic carbocycles. The highest BCUT2D eigenvalue weighted by atomic mass is 19.1. The highest BCUT2D eigenvalue weighted by Crippen LogP contribution is 2.27. The summed E-state index contributed by atoms with van der Waals surface area (Å²) in [5.41, 5.74) is 3.91. The Morgan fingerprint density at radius 2 is 1.82 bits per heavy atom. The number of azo groups is 1. The maximum atomic E-state index is 13.8. The summed E-state index contributed by atoms with van der Waals surface area (Å²) < 4.78 is 19.5. The van der Waals surface area contributed by atoms with Crippen LogP contribution in [0.1, 0.15) is 44.6 Å². The molecular formula is C23H24FN3O. The summed E-state index contributed by atoms with van der Waals surface area (Å²) in [5.74, 6) is 0.155. The molecule has 0 aliphatic rings. The van der Waals surface area contributed by atoms with Gasteiger partial charge in [0.2, 0.25) is 5.89 Å². The van der Waals surface area contributed by atoms with Crippen molar-refractivity contribution in [2.75, 3.05) is 0 Å². The van der Waals surface area contributed by atoms with Gasteiger partial charge in [-0.15, -0.1) is 0 Å². The molecule has 144 valence electrons. The molecule has 0 N–H and O–H groups in total. The predicted octanol–water partition coefficient (Wildman–Crippen LogP) is 7.05. The van der Waals surface area contributed by atoms with E-state index in [1.54, 1.807) is 24.5 Å². The maximum Gasteiger partial charge on any atom is 0.247 e. The molecule has 0 bridgehead atoms. The standard InChI is InChI=1S/C23H24FN3O/c1-3-4-10-17(2)22(27-25-15-19-13-8-9-14-20(19)24)23-26-21(16-28-23)18-11-6-5-7-12-18/h5-9,11-14,16H,3-4,10,15H2,1-2H3/b22-17+,27-25-.